The lowest BCUT2D eigenvalue weighted by Gasteiger charge is -2.16. The van der Waals surface area contributed by atoms with Gasteiger partial charge in [0.05, 0.1) is 18.4 Å². The molecule has 0 bridgehead atoms. The molecule has 0 radical (unpaired) electrons. The molecule has 1 aromatic rings. The minimum Gasteiger partial charge on any atom is -0.277 e. The van der Waals surface area contributed by atoms with Gasteiger partial charge in [-0.05, 0) is 25.0 Å². The third-order valence-electron chi connectivity index (χ3n) is 3.98. The third-order valence-corrected chi connectivity index (χ3v) is 4.68. The van der Waals surface area contributed by atoms with Crippen molar-refractivity contribution in [1.82, 2.24) is 4.90 Å². The fourth-order valence-corrected chi connectivity index (χ4v) is 3.38. The first-order valence-corrected chi connectivity index (χ1v) is 7.28. The van der Waals surface area contributed by atoms with E-state index in [0.717, 1.165) is 0 Å². The molecule has 1 saturated heterocycles. The number of carbonyl (C=O) groups is 2. The Balaban J connectivity index is 1.88. The molecule has 3 rings (SSSR count). The van der Waals surface area contributed by atoms with Crippen LogP contribution in [0.25, 0.3) is 0 Å². The highest BCUT2D eigenvalue weighted by atomic mass is 35.5. The van der Waals surface area contributed by atoms with Gasteiger partial charge in [-0.1, -0.05) is 41.4 Å². The molecule has 3 nitrogen and oxygen atoms in total. The summed E-state index contributed by atoms with van der Waals surface area (Å²) in [6.07, 6.45) is 5.22. The lowest BCUT2D eigenvalue weighted by atomic mass is 9.85. The topological polar surface area (TPSA) is 37.4 Å². The van der Waals surface area contributed by atoms with Crippen molar-refractivity contribution in [1.29, 1.82) is 0 Å². The van der Waals surface area contributed by atoms with Gasteiger partial charge in [-0.25, -0.2) is 0 Å². The van der Waals surface area contributed by atoms with Gasteiger partial charge in [0.2, 0.25) is 11.8 Å². The van der Waals surface area contributed by atoms with Crippen LogP contribution in [0.15, 0.2) is 30.4 Å². The highest BCUT2D eigenvalue weighted by Crippen LogP contribution is 2.37. The van der Waals surface area contributed by atoms with Crippen LogP contribution in [0.2, 0.25) is 10.0 Å². The monoisotopic (exact) mass is 309 g/mol. The van der Waals surface area contributed by atoms with Gasteiger partial charge in [0.25, 0.3) is 0 Å². The second kappa shape index (κ2) is 5.23. The summed E-state index contributed by atoms with van der Waals surface area (Å²) < 4.78 is 0. The van der Waals surface area contributed by atoms with Crippen molar-refractivity contribution in [3.8, 4) is 0 Å². The van der Waals surface area contributed by atoms with Crippen molar-refractivity contribution in [3.05, 3.63) is 46.0 Å². The number of nitrogens with zero attached hydrogens (tertiary/aromatic N) is 1. The summed E-state index contributed by atoms with van der Waals surface area (Å²) in [6.45, 7) is 0.156. The van der Waals surface area contributed by atoms with Crippen LogP contribution in [0.5, 0.6) is 0 Å². The van der Waals surface area contributed by atoms with E-state index in [2.05, 4.69) is 0 Å². The second-order valence-electron chi connectivity index (χ2n) is 5.12. The van der Waals surface area contributed by atoms with Gasteiger partial charge in [-0.3, -0.25) is 14.5 Å². The van der Waals surface area contributed by atoms with Gasteiger partial charge in [-0.2, -0.15) is 0 Å². The normalized spacial score (nSPS) is 25.2. The molecule has 1 fully saturated rings. The Morgan fingerprint density at radius 3 is 2.00 bits per heavy atom. The maximum atomic E-state index is 12.4. The van der Waals surface area contributed by atoms with Gasteiger partial charge < -0.3 is 0 Å². The smallest absolute Gasteiger partial charge is 0.233 e. The standard InChI is InChI=1S/C15H13Cl2NO2/c16-12-6-3-7-13(17)11(12)8-18-14(19)9-4-1-2-5-10(9)15(18)20/h1-3,6-7,9-10H,4-5,8H2/t9-,10+. The minimum absolute atomic E-state index is 0.111. The van der Waals surface area contributed by atoms with Gasteiger partial charge in [0.15, 0.2) is 0 Å². The lowest BCUT2D eigenvalue weighted by molar-refractivity contribution is -0.140. The highest BCUT2D eigenvalue weighted by molar-refractivity contribution is 6.36. The summed E-state index contributed by atoms with van der Waals surface area (Å²) in [7, 11) is 0. The number of likely N-dealkylation sites (tertiary alicyclic amines) is 1. The van der Waals surface area contributed by atoms with Crippen molar-refractivity contribution < 1.29 is 9.59 Å². The van der Waals surface area contributed by atoms with E-state index in [9.17, 15) is 9.59 Å². The molecule has 1 heterocycles. The van der Waals surface area contributed by atoms with Crippen LogP contribution in [0.4, 0.5) is 0 Å². The van der Waals surface area contributed by atoms with Crippen LogP contribution < -0.4 is 0 Å². The molecule has 104 valence electrons. The van der Waals surface area contributed by atoms with Gasteiger partial charge >= 0.3 is 0 Å². The number of hydrogen-bond donors (Lipinski definition) is 0. The summed E-state index contributed by atoms with van der Waals surface area (Å²) in [5.74, 6) is -0.650. The molecule has 0 N–H and O–H groups in total. The Morgan fingerprint density at radius 2 is 1.50 bits per heavy atom. The Hall–Kier alpha value is -1.32. The molecule has 0 aromatic heterocycles. The maximum absolute atomic E-state index is 12.4. The molecule has 0 spiro atoms. The molecule has 1 aromatic carbocycles. The van der Waals surface area contributed by atoms with Gasteiger partial charge in [0, 0.05) is 15.6 Å². The summed E-state index contributed by atoms with van der Waals surface area (Å²) in [4.78, 5) is 26.0. The summed E-state index contributed by atoms with van der Waals surface area (Å²) in [5.41, 5.74) is 0.629. The minimum atomic E-state index is -0.214. The molecular formula is C15H13Cl2NO2. The number of allylic oxidation sites excluding steroid dienone is 2. The zero-order valence-electron chi connectivity index (χ0n) is 10.7. The molecule has 1 aliphatic heterocycles. The average Bonchev–Trinajstić information content (AvgIpc) is 2.68. The molecule has 1 aliphatic carbocycles. The summed E-state index contributed by atoms with van der Waals surface area (Å²) in [6, 6.07) is 5.16. The van der Waals surface area contributed by atoms with E-state index in [-0.39, 0.29) is 30.2 Å². The van der Waals surface area contributed by atoms with E-state index in [4.69, 9.17) is 23.2 Å². The van der Waals surface area contributed by atoms with Crippen LogP contribution >= 0.6 is 23.2 Å². The fourth-order valence-electron chi connectivity index (χ4n) is 2.87. The van der Waals surface area contributed by atoms with Crippen LogP contribution in [0, 0.1) is 11.8 Å². The molecule has 2 amide bonds. The zero-order chi connectivity index (χ0) is 14.3. The van der Waals surface area contributed by atoms with Crippen molar-refractivity contribution in [2.45, 2.75) is 19.4 Å². The first kappa shape index (κ1) is 13.7. The quantitative estimate of drug-likeness (QED) is 0.620. The molecule has 20 heavy (non-hydrogen) atoms. The molecule has 0 saturated carbocycles. The number of benzene rings is 1. The van der Waals surface area contributed by atoms with E-state index in [1.54, 1.807) is 18.2 Å². The number of rotatable bonds is 2. The lowest BCUT2D eigenvalue weighted by Crippen LogP contribution is -2.30. The van der Waals surface area contributed by atoms with Crippen LogP contribution in [0.3, 0.4) is 0 Å². The first-order valence-electron chi connectivity index (χ1n) is 6.52. The molecule has 2 atom stereocenters. The van der Waals surface area contributed by atoms with Gasteiger partial charge in [-0.15, -0.1) is 0 Å². The highest BCUT2D eigenvalue weighted by Gasteiger charge is 2.47. The predicted molar refractivity (Wildman–Crippen MR) is 77.4 cm³/mol. The molecule has 2 aliphatic rings. The average molecular weight is 310 g/mol. The second-order valence-corrected chi connectivity index (χ2v) is 5.93. The number of carbonyl (C=O) groups excluding carboxylic acids is 2. The summed E-state index contributed by atoms with van der Waals surface area (Å²) in [5, 5.41) is 0.956. The van der Waals surface area contributed by atoms with E-state index in [1.807, 2.05) is 12.2 Å². The van der Waals surface area contributed by atoms with E-state index in [1.165, 1.54) is 4.90 Å². The van der Waals surface area contributed by atoms with Crippen molar-refractivity contribution >= 4 is 35.0 Å². The van der Waals surface area contributed by atoms with Crippen LogP contribution in [-0.4, -0.2) is 16.7 Å². The molecule has 0 unspecified atom stereocenters. The SMILES string of the molecule is O=C1[C@H]2CC=CC[C@H]2C(=O)N1Cc1c(Cl)cccc1Cl. The van der Waals surface area contributed by atoms with Crippen LogP contribution in [0.1, 0.15) is 18.4 Å². The van der Waals surface area contributed by atoms with Gasteiger partial charge in [0.1, 0.15) is 0 Å². The molecular weight excluding hydrogens is 297 g/mol. The first-order chi connectivity index (χ1) is 9.59. The predicted octanol–water partition coefficient (Wildman–Crippen LogP) is 3.44. The van der Waals surface area contributed by atoms with E-state index in [0.29, 0.717) is 28.5 Å². The fraction of sp³-hybridized carbons (Fsp3) is 0.333. The number of imide groups is 1. The largest absolute Gasteiger partial charge is 0.277 e. The Bertz CT molecular complexity index is 566. The Kier molecular flexibility index (Phi) is 3.57. The molecule has 5 heteroatoms. The number of hydrogen-bond acceptors (Lipinski definition) is 2. The Labute approximate surface area is 127 Å². The van der Waals surface area contributed by atoms with E-state index < -0.39 is 0 Å². The number of amides is 2. The van der Waals surface area contributed by atoms with Crippen molar-refractivity contribution in [3.63, 3.8) is 0 Å². The van der Waals surface area contributed by atoms with Crippen molar-refractivity contribution in [2.24, 2.45) is 11.8 Å². The maximum Gasteiger partial charge on any atom is 0.233 e. The zero-order valence-corrected chi connectivity index (χ0v) is 12.2. The van der Waals surface area contributed by atoms with Crippen LogP contribution in [-0.2, 0) is 16.1 Å². The van der Waals surface area contributed by atoms with E-state index >= 15 is 0 Å². The summed E-state index contributed by atoms with van der Waals surface area (Å²) >= 11 is 12.2. The number of fused-ring (bicyclic) bond motifs is 1. The number of halogens is 2. The van der Waals surface area contributed by atoms with Crippen molar-refractivity contribution in [2.75, 3.05) is 0 Å². The Morgan fingerprint density at radius 1 is 1.00 bits per heavy atom. The third kappa shape index (κ3) is 2.15.